The van der Waals surface area contributed by atoms with Crippen molar-refractivity contribution in [2.75, 3.05) is 13.7 Å². The molecule has 82 valence electrons. The fraction of sp³-hybridized carbons (Fsp3) is 0.417. The highest BCUT2D eigenvalue weighted by atomic mass is 16.5. The summed E-state index contributed by atoms with van der Waals surface area (Å²) in [5, 5.41) is 2.77. The highest BCUT2D eigenvalue weighted by Crippen LogP contribution is 2.12. The Morgan fingerprint density at radius 1 is 1.33 bits per heavy atom. The van der Waals surface area contributed by atoms with E-state index in [4.69, 9.17) is 4.74 Å². The lowest BCUT2D eigenvalue weighted by atomic mass is 10.1. The minimum atomic E-state index is 0.105. The molecule has 0 aliphatic carbocycles. The Morgan fingerprint density at radius 3 is 2.53 bits per heavy atom. The number of carbonyl (C=O) groups excluding carboxylic acids is 1. The van der Waals surface area contributed by atoms with Crippen LogP contribution in [-0.2, 0) is 11.2 Å². The summed E-state index contributed by atoms with van der Waals surface area (Å²) in [6.45, 7) is 2.62. The molecule has 0 aliphatic rings. The lowest BCUT2D eigenvalue weighted by molar-refractivity contribution is -0.120. The van der Waals surface area contributed by atoms with Gasteiger partial charge in [0, 0.05) is 13.0 Å². The first-order chi connectivity index (χ1) is 7.26. The predicted molar refractivity (Wildman–Crippen MR) is 60.0 cm³/mol. The summed E-state index contributed by atoms with van der Waals surface area (Å²) in [6, 6.07) is 7.79. The third-order valence-electron chi connectivity index (χ3n) is 2.17. The molecule has 1 aromatic rings. The van der Waals surface area contributed by atoms with Gasteiger partial charge in [-0.15, -0.1) is 0 Å². The second-order valence-corrected chi connectivity index (χ2v) is 3.30. The highest BCUT2D eigenvalue weighted by molar-refractivity contribution is 5.76. The zero-order valence-electron chi connectivity index (χ0n) is 9.25. The van der Waals surface area contributed by atoms with Gasteiger partial charge in [0.15, 0.2) is 0 Å². The van der Waals surface area contributed by atoms with Gasteiger partial charge in [-0.2, -0.15) is 0 Å². The Bertz CT molecular complexity index is 306. The molecule has 0 heterocycles. The van der Waals surface area contributed by atoms with E-state index in [1.165, 1.54) is 0 Å². The van der Waals surface area contributed by atoms with Gasteiger partial charge >= 0.3 is 0 Å². The Labute approximate surface area is 90.4 Å². The summed E-state index contributed by atoms with van der Waals surface area (Å²) < 4.78 is 5.05. The smallest absolute Gasteiger partial charge is 0.220 e. The summed E-state index contributed by atoms with van der Waals surface area (Å²) >= 11 is 0. The maximum atomic E-state index is 11.2. The van der Waals surface area contributed by atoms with Crippen LogP contribution in [0.4, 0.5) is 0 Å². The van der Waals surface area contributed by atoms with Crippen LogP contribution in [0.2, 0.25) is 0 Å². The molecule has 1 N–H and O–H groups in total. The van der Waals surface area contributed by atoms with E-state index in [-0.39, 0.29) is 5.91 Å². The van der Waals surface area contributed by atoms with E-state index in [2.05, 4.69) is 5.32 Å². The first kappa shape index (κ1) is 11.6. The number of ether oxygens (including phenoxy) is 1. The molecule has 0 spiro atoms. The van der Waals surface area contributed by atoms with Gasteiger partial charge in [-0.05, 0) is 31.0 Å². The zero-order valence-corrected chi connectivity index (χ0v) is 9.25. The molecule has 0 bridgehead atoms. The van der Waals surface area contributed by atoms with E-state index >= 15 is 0 Å². The number of rotatable bonds is 5. The van der Waals surface area contributed by atoms with Gasteiger partial charge in [0.2, 0.25) is 5.91 Å². The van der Waals surface area contributed by atoms with Gasteiger partial charge in [-0.1, -0.05) is 12.1 Å². The number of hydrogen-bond donors (Lipinski definition) is 1. The standard InChI is InChI=1S/C12H17NO2/c1-3-13-12(14)9-6-10-4-7-11(15-2)8-5-10/h4-5,7-8H,3,6,9H2,1-2H3,(H,13,14). The molecular weight excluding hydrogens is 190 g/mol. The van der Waals surface area contributed by atoms with Gasteiger partial charge in [-0.3, -0.25) is 4.79 Å². The molecule has 1 amide bonds. The van der Waals surface area contributed by atoms with E-state index in [1.54, 1.807) is 7.11 Å². The molecule has 0 atom stereocenters. The average Bonchev–Trinajstić information content (AvgIpc) is 2.27. The number of methoxy groups -OCH3 is 1. The molecule has 0 fully saturated rings. The van der Waals surface area contributed by atoms with E-state index < -0.39 is 0 Å². The van der Waals surface area contributed by atoms with Gasteiger partial charge in [-0.25, -0.2) is 0 Å². The monoisotopic (exact) mass is 207 g/mol. The minimum absolute atomic E-state index is 0.105. The molecule has 0 unspecified atom stereocenters. The van der Waals surface area contributed by atoms with Crippen LogP contribution < -0.4 is 10.1 Å². The first-order valence-corrected chi connectivity index (χ1v) is 5.16. The van der Waals surface area contributed by atoms with Gasteiger partial charge < -0.3 is 10.1 Å². The maximum absolute atomic E-state index is 11.2. The molecule has 1 aromatic carbocycles. The molecule has 15 heavy (non-hydrogen) atoms. The van der Waals surface area contributed by atoms with Crippen LogP contribution in [0.25, 0.3) is 0 Å². The second kappa shape index (κ2) is 6.06. The third-order valence-corrected chi connectivity index (χ3v) is 2.17. The molecule has 0 saturated heterocycles. The Hall–Kier alpha value is -1.51. The largest absolute Gasteiger partial charge is 0.497 e. The van der Waals surface area contributed by atoms with Crippen LogP contribution in [0.15, 0.2) is 24.3 Å². The normalized spacial score (nSPS) is 9.73. The van der Waals surface area contributed by atoms with Crippen molar-refractivity contribution in [3.63, 3.8) is 0 Å². The van der Waals surface area contributed by atoms with Crippen LogP contribution in [0.1, 0.15) is 18.9 Å². The summed E-state index contributed by atoms with van der Waals surface area (Å²) in [6.07, 6.45) is 1.32. The molecule has 0 aliphatic heterocycles. The number of amides is 1. The van der Waals surface area contributed by atoms with Crippen LogP contribution in [0.5, 0.6) is 5.75 Å². The van der Waals surface area contributed by atoms with Crippen molar-refractivity contribution >= 4 is 5.91 Å². The molecule has 3 nitrogen and oxygen atoms in total. The van der Waals surface area contributed by atoms with Crippen LogP contribution in [-0.4, -0.2) is 19.6 Å². The van der Waals surface area contributed by atoms with Crippen molar-refractivity contribution in [1.29, 1.82) is 0 Å². The topological polar surface area (TPSA) is 38.3 Å². The van der Waals surface area contributed by atoms with Gasteiger partial charge in [0.1, 0.15) is 5.75 Å². The number of benzene rings is 1. The van der Waals surface area contributed by atoms with Crippen molar-refractivity contribution in [2.24, 2.45) is 0 Å². The van der Waals surface area contributed by atoms with Crippen molar-refractivity contribution in [2.45, 2.75) is 19.8 Å². The van der Waals surface area contributed by atoms with Crippen LogP contribution in [0.3, 0.4) is 0 Å². The lowest BCUT2D eigenvalue weighted by Crippen LogP contribution is -2.22. The fourth-order valence-corrected chi connectivity index (χ4v) is 1.34. The number of carbonyl (C=O) groups is 1. The first-order valence-electron chi connectivity index (χ1n) is 5.16. The van der Waals surface area contributed by atoms with E-state index in [9.17, 15) is 4.79 Å². The summed E-state index contributed by atoms with van der Waals surface area (Å²) in [5.74, 6) is 0.949. The zero-order chi connectivity index (χ0) is 11.1. The summed E-state index contributed by atoms with van der Waals surface area (Å²) in [5.41, 5.74) is 1.15. The molecule has 0 radical (unpaired) electrons. The quantitative estimate of drug-likeness (QED) is 0.799. The van der Waals surface area contributed by atoms with Crippen molar-refractivity contribution in [3.8, 4) is 5.75 Å². The molecule has 1 rings (SSSR count). The van der Waals surface area contributed by atoms with Crippen molar-refractivity contribution in [3.05, 3.63) is 29.8 Å². The Balaban J connectivity index is 2.40. The van der Waals surface area contributed by atoms with Gasteiger partial charge in [0.05, 0.1) is 7.11 Å². The predicted octanol–water partition coefficient (Wildman–Crippen LogP) is 1.76. The average molecular weight is 207 g/mol. The molecule has 0 saturated carbocycles. The van der Waals surface area contributed by atoms with E-state index in [0.29, 0.717) is 13.0 Å². The summed E-state index contributed by atoms with van der Waals surface area (Å²) in [7, 11) is 1.64. The van der Waals surface area contributed by atoms with E-state index in [1.807, 2.05) is 31.2 Å². The minimum Gasteiger partial charge on any atom is -0.497 e. The third kappa shape index (κ3) is 4.02. The number of aryl methyl sites for hydroxylation is 1. The highest BCUT2D eigenvalue weighted by Gasteiger charge is 2.00. The lowest BCUT2D eigenvalue weighted by Gasteiger charge is -2.03. The Morgan fingerprint density at radius 2 is 2.00 bits per heavy atom. The van der Waals surface area contributed by atoms with Gasteiger partial charge in [0.25, 0.3) is 0 Å². The van der Waals surface area contributed by atoms with Crippen molar-refractivity contribution in [1.82, 2.24) is 5.32 Å². The Kier molecular flexibility index (Phi) is 4.68. The molecular formula is C12H17NO2. The maximum Gasteiger partial charge on any atom is 0.220 e. The SMILES string of the molecule is CCNC(=O)CCc1ccc(OC)cc1. The molecule has 3 heteroatoms. The molecule has 0 aromatic heterocycles. The number of nitrogens with one attached hydrogen (secondary N) is 1. The summed E-state index contributed by atoms with van der Waals surface area (Å²) in [4.78, 5) is 11.2. The van der Waals surface area contributed by atoms with Crippen molar-refractivity contribution < 1.29 is 9.53 Å². The number of hydrogen-bond acceptors (Lipinski definition) is 2. The second-order valence-electron chi connectivity index (χ2n) is 3.30. The van der Waals surface area contributed by atoms with Crippen LogP contribution >= 0.6 is 0 Å². The van der Waals surface area contributed by atoms with Crippen LogP contribution in [0, 0.1) is 0 Å². The van der Waals surface area contributed by atoms with E-state index in [0.717, 1.165) is 17.7 Å². The fourth-order valence-electron chi connectivity index (χ4n) is 1.34.